The van der Waals surface area contributed by atoms with Gasteiger partial charge >= 0.3 is 0 Å². The summed E-state index contributed by atoms with van der Waals surface area (Å²) in [5.74, 6) is 1.05. The Morgan fingerprint density at radius 2 is 1.93 bits per heavy atom. The first-order valence-electron chi connectivity index (χ1n) is 14.3. The van der Waals surface area contributed by atoms with Gasteiger partial charge < -0.3 is 15.0 Å². The Kier molecular flexibility index (Phi) is 9.11. The molecule has 0 amide bonds. The van der Waals surface area contributed by atoms with E-state index in [4.69, 9.17) is 16.3 Å². The first-order chi connectivity index (χ1) is 19.8. The second-order valence-corrected chi connectivity index (χ2v) is 12.2. The van der Waals surface area contributed by atoms with Gasteiger partial charge in [0.2, 0.25) is 0 Å². The zero-order chi connectivity index (χ0) is 28.8. The number of aliphatic imine (C=N–C) groups is 1. The highest BCUT2D eigenvalue weighted by molar-refractivity contribution is 6.30. The van der Waals surface area contributed by atoms with Crippen LogP contribution in [0.1, 0.15) is 49.0 Å². The Morgan fingerprint density at radius 1 is 1.15 bits per heavy atom. The molecule has 2 aromatic carbocycles. The molecule has 5 rings (SSSR count). The third kappa shape index (κ3) is 7.38. The number of aldehydes is 1. The lowest BCUT2D eigenvalue weighted by molar-refractivity contribution is 0.112. The van der Waals surface area contributed by atoms with E-state index in [2.05, 4.69) is 52.8 Å². The molecule has 0 spiro atoms. The van der Waals surface area contributed by atoms with Crippen molar-refractivity contribution in [3.8, 4) is 5.75 Å². The molecule has 1 fully saturated rings. The number of nitrogens with one attached hydrogen (secondary N) is 1. The quantitative estimate of drug-likeness (QED) is 0.202. The van der Waals surface area contributed by atoms with Crippen molar-refractivity contribution in [2.24, 2.45) is 10.4 Å². The van der Waals surface area contributed by atoms with Gasteiger partial charge in [0.05, 0.1) is 11.8 Å². The van der Waals surface area contributed by atoms with Crippen LogP contribution in [0.15, 0.2) is 88.9 Å². The topological polar surface area (TPSA) is 57.2 Å². The lowest BCUT2D eigenvalue weighted by Gasteiger charge is -2.39. The smallest absolute Gasteiger partial charge is 0.153 e. The van der Waals surface area contributed by atoms with Crippen LogP contribution in [0.5, 0.6) is 5.75 Å². The number of carbonyl (C=O) groups is 1. The van der Waals surface area contributed by atoms with Crippen molar-refractivity contribution in [2.75, 3.05) is 44.2 Å². The highest BCUT2D eigenvalue weighted by atomic mass is 35.5. The third-order valence-electron chi connectivity index (χ3n) is 8.15. The summed E-state index contributed by atoms with van der Waals surface area (Å²) in [6, 6.07) is 14.1. The Labute approximate surface area is 248 Å². The minimum absolute atomic E-state index is 0.308. The molecule has 1 N–H and O–H groups in total. The van der Waals surface area contributed by atoms with Gasteiger partial charge in [-0.05, 0) is 90.7 Å². The van der Waals surface area contributed by atoms with Crippen LogP contribution in [0.2, 0.25) is 5.02 Å². The number of rotatable bonds is 9. The summed E-state index contributed by atoms with van der Waals surface area (Å²) in [7, 11) is 0. The molecule has 2 heterocycles. The van der Waals surface area contributed by atoms with Gasteiger partial charge in [-0.2, -0.15) is 0 Å². The SMILES string of the molecule is C=N/C=C(\C=C1\C=CNC1)Oc1cc(N2CCN(CC3=C(c4ccc(Cl)cc4)CC(C)(C)CC3)CC2)ccc1C=O. The molecule has 3 aliphatic rings. The second kappa shape index (κ2) is 12.9. The molecule has 0 unspecified atom stereocenters. The molecule has 0 radical (unpaired) electrons. The molecule has 214 valence electrons. The fourth-order valence-corrected chi connectivity index (χ4v) is 5.92. The molecule has 1 saturated heterocycles. The number of piperazine rings is 1. The first kappa shape index (κ1) is 28.9. The molecule has 0 bridgehead atoms. The lowest BCUT2D eigenvalue weighted by atomic mass is 9.72. The zero-order valence-corrected chi connectivity index (χ0v) is 24.8. The minimum Gasteiger partial charge on any atom is -0.455 e. The van der Waals surface area contributed by atoms with Crippen LogP contribution in [0.4, 0.5) is 5.69 Å². The summed E-state index contributed by atoms with van der Waals surface area (Å²) in [5.41, 5.74) is 7.27. The average molecular weight is 571 g/mol. The van der Waals surface area contributed by atoms with Crippen molar-refractivity contribution >= 4 is 35.9 Å². The second-order valence-electron chi connectivity index (χ2n) is 11.8. The van der Waals surface area contributed by atoms with Crippen LogP contribution >= 0.6 is 11.6 Å². The van der Waals surface area contributed by atoms with Gasteiger partial charge in [-0.3, -0.25) is 14.7 Å². The fraction of sp³-hybridized carbons (Fsp3) is 0.353. The van der Waals surface area contributed by atoms with E-state index in [9.17, 15) is 4.79 Å². The van der Waals surface area contributed by atoms with Crippen LogP contribution in [0.3, 0.4) is 0 Å². The molecule has 0 aromatic heterocycles. The largest absolute Gasteiger partial charge is 0.455 e. The maximum absolute atomic E-state index is 11.8. The predicted octanol–water partition coefficient (Wildman–Crippen LogP) is 6.90. The number of benzene rings is 2. The van der Waals surface area contributed by atoms with Gasteiger partial charge in [0.15, 0.2) is 6.29 Å². The molecule has 1 aliphatic carbocycles. The van der Waals surface area contributed by atoms with E-state index in [-0.39, 0.29) is 0 Å². The van der Waals surface area contributed by atoms with Crippen molar-refractivity contribution in [3.05, 3.63) is 100 Å². The van der Waals surface area contributed by atoms with Crippen LogP contribution in [0.25, 0.3) is 5.57 Å². The van der Waals surface area contributed by atoms with Crippen LogP contribution < -0.4 is 15.0 Å². The Balaban J connectivity index is 1.28. The van der Waals surface area contributed by atoms with E-state index in [0.717, 1.165) is 74.7 Å². The van der Waals surface area contributed by atoms with Crippen LogP contribution in [-0.4, -0.2) is 57.2 Å². The van der Waals surface area contributed by atoms with Gasteiger partial charge in [0, 0.05) is 56.0 Å². The Morgan fingerprint density at radius 3 is 2.61 bits per heavy atom. The number of anilines is 1. The van der Waals surface area contributed by atoms with Crippen molar-refractivity contribution in [3.63, 3.8) is 0 Å². The molecule has 7 heteroatoms. The van der Waals surface area contributed by atoms with Crippen LogP contribution in [-0.2, 0) is 0 Å². The molecule has 2 aromatic rings. The number of allylic oxidation sites excluding steroid dienone is 2. The van der Waals surface area contributed by atoms with E-state index in [1.165, 1.54) is 17.6 Å². The number of carbonyl (C=O) groups excluding carboxylic acids is 1. The summed E-state index contributed by atoms with van der Waals surface area (Å²) < 4.78 is 6.18. The number of halogens is 1. The molecular weight excluding hydrogens is 532 g/mol. The highest BCUT2D eigenvalue weighted by Gasteiger charge is 2.29. The van der Waals surface area contributed by atoms with Gasteiger partial charge in [-0.15, -0.1) is 0 Å². The fourth-order valence-electron chi connectivity index (χ4n) is 5.80. The molecule has 0 atom stereocenters. The summed E-state index contributed by atoms with van der Waals surface area (Å²) in [5, 5.41) is 3.93. The normalized spacial score (nSPS) is 20.3. The van der Waals surface area contributed by atoms with Crippen molar-refractivity contribution in [2.45, 2.75) is 33.1 Å². The zero-order valence-electron chi connectivity index (χ0n) is 24.0. The number of nitrogens with zero attached hydrogens (tertiary/aromatic N) is 3. The van der Waals surface area contributed by atoms with E-state index in [1.54, 1.807) is 11.8 Å². The minimum atomic E-state index is 0.308. The average Bonchev–Trinajstić information content (AvgIpc) is 3.48. The van der Waals surface area contributed by atoms with E-state index >= 15 is 0 Å². The van der Waals surface area contributed by atoms with Gasteiger partial charge in [-0.1, -0.05) is 43.2 Å². The summed E-state index contributed by atoms with van der Waals surface area (Å²) in [6.07, 6.45) is 11.6. The summed E-state index contributed by atoms with van der Waals surface area (Å²) >= 11 is 6.19. The number of hydrogen-bond donors (Lipinski definition) is 1. The molecule has 0 saturated carbocycles. The Bertz CT molecular complexity index is 1400. The van der Waals surface area contributed by atoms with Gasteiger partial charge in [-0.25, -0.2) is 0 Å². The molecule has 6 nitrogen and oxygen atoms in total. The lowest BCUT2D eigenvalue weighted by Crippen LogP contribution is -2.47. The highest BCUT2D eigenvalue weighted by Crippen LogP contribution is 2.43. The van der Waals surface area contributed by atoms with Gasteiger partial charge in [0.1, 0.15) is 11.5 Å². The first-order valence-corrected chi connectivity index (χ1v) is 14.7. The Hall–Kier alpha value is -3.61. The third-order valence-corrected chi connectivity index (χ3v) is 8.40. The van der Waals surface area contributed by atoms with Crippen molar-refractivity contribution < 1.29 is 9.53 Å². The molecule has 2 aliphatic heterocycles. The molecular formula is C34H39ClN4O2. The standard InChI is InChI=1S/C34H39ClN4O2/c1-34(2)12-10-27(32(20-34)26-4-7-29(35)8-5-26)23-38-14-16-39(17-15-38)30-9-6-28(24-40)33(19-30)41-31(22-36-3)18-25-11-13-37-21-25/h4-9,11,13,18-19,22,24,37H,3,10,12,14-17,20-21,23H2,1-2H3/b25-18-,31-22+. The number of ether oxygens (including phenoxy) is 1. The van der Waals surface area contributed by atoms with E-state index < -0.39 is 0 Å². The monoisotopic (exact) mass is 570 g/mol. The van der Waals surface area contributed by atoms with Crippen molar-refractivity contribution in [1.29, 1.82) is 0 Å². The predicted molar refractivity (Wildman–Crippen MR) is 170 cm³/mol. The van der Waals surface area contributed by atoms with Crippen LogP contribution in [0, 0.1) is 5.41 Å². The maximum atomic E-state index is 11.8. The number of hydrogen-bond acceptors (Lipinski definition) is 6. The summed E-state index contributed by atoms with van der Waals surface area (Å²) in [4.78, 5) is 20.6. The van der Waals surface area contributed by atoms with E-state index in [0.29, 0.717) is 22.5 Å². The van der Waals surface area contributed by atoms with Gasteiger partial charge in [0.25, 0.3) is 0 Å². The molecule has 41 heavy (non-hydrogen) atoms. The maximum Gasteiger partial charge on any atom is 0.153 e. The van der Waals surface area contributed by atoms with Crippen molar-refractivity contribution in [1.82, 2.24) is 10.2 Å². The summed E-state index contributed by atoms with van der Waals surface area (Å²) in [6.45, 7) is 13.8. The van der Waals surface area contributed by atoms with E-state index in [1.807, 2.05) is 48.7 Å².